The van der Waals surface area contributed by atoms with Crippen LogP contribution in [0.4, 0.5) is 14.5 Å². The van der Waals surface area contributed by atoms with Crippen molar-refractivity contribution < 1.29 is 8.78 Å². The summed E-state index contributed by atoms with van der Waals surface area (Å²) in [5, 5.41) is 11.6. The van der Waals surface area contributed by atoms with Crippen LogP contribution in [0.1, 0.15) is 11.1 Å². The van der Waals surface area contributed by atoms with E-state index in [0.717, 1.165) is 0 Å². The zero-order valence-corrected chi connectivity index (χ0v) is 9.45. The van der Waals surface area contributed by atoms with Gasteiger partial charge in [-0.2, -0.15) is 5.26 Å². The molecular weight excluding hydrogens is 234 g/mol. The molecule has 4 heteroatoms. The Kier molecular flexibility index (Phi) is 3.54. The van der Waals surface area contributed by atoms with Gasteiger partial charge >= 0.3 is 0 Å². The van der Waals surface area contributed by atoms with Crippen molar-refractivity contribution in [2.75, 3.05) is 5.32 Å². The van der Waals surface area contributed by atoms with Gasteiger partial charge in [-0.25, -0.2) is 8.78 Å². The first-order chi connectivity index (χ1) is 8.70. The summed E-state index contributed by atoms with van der Waals surface area (Å²) in [4.78, 5) is 0. The number of hydrogen-bond donors (Lipinski definition) is 1. The molecule has 2 aromatic rings. The number of hydrogen-bond acceptors (Lipinski definition) is 2. The second kappa shape index (κ2) is 5.28. The van der Waals surface area contributed by atoms with Crippen LogP contribution in [-0.2, 0) is 6.54 Å². The van der Waals surface area contributed by atoms with Gasteiger partial charge in [0.05, 0.1) is 5.56 Å². The van der Waals surface area contributed by atoms with Gasteiger partial charge in [0.2, 0.25) is 0 Å². The molecule has 0 aliphatic rings. The van der Waals surface area contributed by atoms with Gasteiger partial charge in [-0.15, -0.1) is 0 Å². The van der Waals surface area contributed by atoms with Crippen LogP contribution in [0.15, 0.2) is 42.5 Å². The fourth-order valence-corrected chi connectivity index (χ4v) is 1.56. The minimum atomic E-state index is -0.561. The Balaban J connectivity index is 2.12. The molecule has 0 aliphatic carbocycles. The van der Waals surface area contributed by atoms with Gasteiger partial charge in [0.1, 0.15) is 17.7 Å². The summed E-state index contributed by atoms with van der Waals surface area (Å²) < 4.78 is 26.4. The van der Waals surface area contributed by atoms with Crippen LogP contribution >= 0.6 is 0 Å². The highest BCUT2D eigenvalue weighted by Gasteiger charge is 2.04. The van der Waals surface area contributed by atoms with Gasteiger partial charge in [0.25, 0.3) is 0 Å². The fourth-order valence-electron chi connectivity index (χ4n) is 1.56. The van der Waals surface area contributed by atoms with E-state index in [0.29, 0.717) is 11.3 Å². The van der Waals surface area contributed by atoms with Gasteiger partial charge < -0.3 is 5.32 Å². The molecule has 18 heavy (non-hydrogen) atoms. The zero-order valence-electron chi connectivity index (χ0n) is 9.45. The second-order valence-corrected chi connectivity index (χ2v) is 3.75. The Hall–Kier alpha value is -2.41. The number of halogens is 2. The van der Waals surface area contributed by atoms with Crippen molar-refractivity contribution in [3.05, 3.63) is 65.2 Å². The summed E-state index contributed by atoms with van der Waals surface area (Å²) in [6, 6.07) is 12.3. The molecule has 0 aromatic heterocycles. The summed E-state index contributed by atoms with van der Waals surface area (Å²) in [7, 11) is 0. The Morgan fingerprint density at radius 2 is 1.83 bits per heavy atom. The molecule has 2 rings (SSSR count). The average Bonchev–Trinajstić information content (AvgIpc) is 2.39. The van der Waals surface area contributed by atoms with Crippen molar-refractivity contribution in [1.29, 1.82) is 5.26 Å². The van der Waals surface area contributed by atoms with Gasteiger partial charge in [0.15, 0.2) is 0 Å². The molecule has 0 fully saturated rings. The number of rotatable bonds is 3. The molecule has 2 aromatic carbocycles. The molecule has 2 nitrogen and oxygen atoms in total. The number of anilines is 1. The maximum absolute atomic E-state index is 13.3. The Bertz CT molecular complexity index is 603. The first kappa shape index (κ1) is 12.1. The van der Waals surface area contributed by atoms with E-state index in [1.54, 1.807) is 24.3 Å². The van der Waals surface area contributed by atoms with Crippen molar-refractivity contribution in [2.45, 2.75) is 6.54 Å². The molecule has 0 unspecified atom stereocenters. The van der Waals surface area contributed by atoms with E-state index in [4.69, 9.17) is 5.26 Å². The van der Waals surface area contributed by atoms with E-state index in [9.17, 15) is 8.78 Å². The fraction of sp³-hybridized carbons (Fsp3) is 0.0714. The lowest BCUT2D eigenvalue weighted by Crippen LogP contribution is -2.02. The van der Waals surface area contributed by atoms with E-state index < -0.39 is 5.82 Å². The molecule has 0 saturated carbocycles. The van der Waals surface area contributed by atoms with Crippen LogP contribution in [-0.4, -0.2) is 0 Å². The quantitative estimate of drug-likeness (QED) is 0.897. The van der Waals surface area contributed by atoms with Crippen LogP contribution in [0.25, 0.3) is 0 Å². The van der Waals surface area contributed by atoms with Gasteiger partial charge in [-0.3, -0.25) is 0 Å². The average molecular weight is 244 g/mol. The van der Waals surface area contributed by atoms with E-state index in [2.05, 4.69) is 5.32 Å². The smallest absolute Gasteiger partial charge is 0.141 e. The summed E-state index contributed by atoms with van der Waals surface area (Å²) in [6.07, 6.45) is 0. The first-order valence-electron chi connectivity index (χ1n) is 5.37. The van der Waals surface area contributed by atoms with Crippen LogP contribution < -0.4 is 5.32 Å². The molecule has 0 bridgehead atoms. The van der Waals surface area contributed by atoms with E-state index in [1.165, 1.54) is 24.3 Å². The molecule has 0 heterocycles. The molecule has 90 valence electrons. The van der Waals surface area contributed by atoms with Crippen molar-refractivity contribution in [1.82, 2.24) is 0 Å². The van der Waals surface area contributed by atoms with Crippen LogP contribution in [0.5, 0.6) is 0 Å². The zero-order chi connectivity index (χ0) is 13.0. The van der Waals surface area contributed by atoms with E-state index in [-0.39, 0.29) is 17.9 Å². The molecule has 1 N–H and O–H groups in total. The van der Waals surface area contributed by atoms with Crippen LogP contribution in [0.3, 0.4) is 0 Å². The minimum Gasteiger partial charge on any atom is -0.381 e. The summed E-state index contributed by atoms with van der Waals surface area (Å²) in [5.41, 5.74) is 1.06. The highest BCUT2D eigenvalue weighted by Crippen LogP contribution is 2.15. The Morgan fingerprint density at radius 3 is 2.56 bits per heavy atom. The third kappa shape index (κ3) is 2.64. The van der Waals surface area contributed by atoms with E-state index in [1.807, 2.05) is 0 Å². The number of nitrogens with zero attached hydrogens (tertiary/aromatic N) is 1. The number of benzene rings is 2. The van der Waals surface area contributed by atoms with Gasteiger partial charge in [0, 0.05) is 17.8 Å². The molecule has 0 amide bonds. The Morgan fingerprint density at radius 1 is 1.06 bits per heavy atom. The van der Waals surface area contributed by atoms with Crippen molar-refractivity contribution >= 4 is 5.69 Å². The molecule has 0 radical (unpaired) electrons. The van der Waals surface area contributed by atoms with Crippen molar-refractivity contribution in [3.8, 4) is 6.07 Å². The molecule has 0 saturated heterocycles. The maximum atomic E-state index is 13.3. The third-order valence-electron chi connectivity index (χ3n) is 2.53. The lowest BCUT2D eigenvalue weighted by atomic mass is 10.2. The predicted molar refractivity (Wildman–Crippen MR) is 64.8 cm³/mol. The second-order valence-electron chi connectivity index (χ2n) is 3.75. The molecule has 0 atom stereocenters. The predicted octanol–water partition coefficient (Wildman–Crippen LogP) is 3.45. The Labute approximate surface area is 103 Å². The van der Waals surface area contributed by atoms with Gasteiger partial charge in [-0.05, 0) is 24.3 Å². The normalized spacial score (nSPS) is 9.83. The van der Waals surface area contributed by atoms with Crippen molar-refractivity contribution in [3.63, 3.8) is 0 Å². The lowest BCUT2D eigenvalue weighted by molar-refractivity contribution is 0.612. The van der Waals surface area contributed by atoms with Crippen LogP contribution in [0, 0.1) is 23.0 Å². The number of nitriles is 1. The monoisotopic (exact) mass is 244 g/mol. The van der Waals surface area contributed by atoms with Crippen molar-refractivity contribution in [2.24, 2.45) is 0 Å². The highest BCUT2D eigenvalue weighted by molar-refractivity contribution is 5.50. The summed E-state index contributed by atoms with van der Waals surface area (Å²) in [6.45, 7) is 0.281. The third-order valence-corrected chi connectivity index (χ3v) is 2.53. The summed E-state index contributed by atoms with van der Waals surface area (Å²) in [5.74, 6) is -0.860. The largest absolute Gasteiger partial charge is 0.381 e. The number of nitrogens with one attached hydrogen (secondary N) is 1. The topological polar surface area (TPSA) is 35.8 Å². The highest BCUT2D eigenvalue weighted by atomic mass is 19.1. The van der Waals surface area contributed by atoms with Gasteiger partial charge in [-0.1, -0.05) is 18.2 Å². The molecule has 0 aliphatic heterocycles. The summed E-state index contributed by atoms with van der Waals surface area (Å²) >= 11 is 0. The minimum absolute atomic E-state index is 0.0338. The first-order valence-corrected chi connectivity index (χ1v) is 5.37. The maximum Gasteiger partial charge on any atom is 0.141 e. The lowest BCUT2D eigenvalue weighted by Gasteiger charge is -2.07. The standard InChI is InChI=1S/C14H10F2N2/c15-13-4-2-1-3-10(13)9-18-12-5-6-14(16)11(7-12)8-17/h1-7,18H,9H2. The SMILES string of the molecule is N#Cc1cc(NCc2ccccc2F)ccc1F. The van der Waals surface area contributed by atoms with Crippen LogP contribution in [0.2, 0.25) is 0 Å². The van der Waals surface area contributed by atoms with E-state index >= 15 is 0 Å². The molecular formula is C14H10F2N2. The molecule has 0 spiro atoms.